The van der Waals surface area contributed by atoms with Crippen molar-refractivity contribution < 1.29 is 0 Å². The number of allylic oxidation sites excluding steroid dienone is 3. The number of hydrogen-bond acceptors (Lipinski definition) is 0. The summed E-state index contributed by atoms with van der Waals surface area (Å²) < 4.78 is 1.20. The highest BCUT2D eigenvalue weighted by Crippen LogP contribution is 2.25. The van der Waals surface area contributed by atoms with E-state index in [4.69, 9.17) is 0 Å². The quantitative estimate of drug-likeness (QED) is 0.671. The van der Waals surface area contributed by atoms with E-state index in [1.165, 1.54) is 21.2 Å². The van der Waals surface area contributed by atoms with Crippen LogP contribution in [-0.4, -0.2) is 0 Å². The maximum Gasteiger partial charge on any atom is 0.0279 e. The summed E-state index contributed by atoms with van der Waals surface area (Å²) in [6, 6.07) is 4.29. The van der Waals surface area contributed by atoms with Gasteiger partial charge in [-0.2, -0.15) is 0 Å². The Bertz CT molecular complexity index is 387. The molecule has 15 heavy (non-hydrogen) atoms. The molecule has 0 N–H and O–H groups in total. The van der Waals surface area contributed by atoms with Gasteiger partial charge in [0.05, 0.1) is 0 Å². The van der Waals surface area contributed by atoms with E-state index < -0.39 is 0 Å². The largest absolute Gasteiger partial charge is 0.0848 e. The molecule has 1 rings (SSSR count). The first-order chi connectivity index (χ1) is 7.16. The van der Waals surface area contributed by atoms with Gasteiger partial charge in [0.25, 0.3) is 0 Å². The first-order valence-corrected chi connectivity index (χ1v) is 6.05. The number of benzene rings is 1. The van der Waals surface area contributed by atoms with E-state index in [1.54, 1.807) is 0 Å². The molecule has 1 aromatic carbocycles. The van der Waals surface area contributed by atoms with Crippen molar-refractivity contribution in [3.8, 4) is 0 Å². The van der Waals surface area contributed by atoms with Gasteiger partial charge < -0.3 is 0 Å². The number of hydrogen-bond donors (Lipinski definition) is 0. The summed E-state index contributed by atoms with van der Waals surface area (Å²) in [6.45, 7) is 6.38. The standard InChI is InChI=1S/C14H17Br/c1-4-5-6-7-8-13-11(2)9-10-12(3)14(13)15/h5-10H,4H2,1-3H3/b6-5+,8-7-. The first-order valence-electron chi connectivity index (χ1n) is 5.25. The van der Waals surface area contributed by atoms with Crippen molar-refractivity contribution in [3.05, 3.63) is 51.5 Å². The fourth-order valence-electron chi connectivity index (χ4n) is 1.37. The Morgan fingerprint density at radius 3 is 2.47 bits per heavy atom. The second-order valence-corrected chi connectivity index (χ2v) is 4.42. The normalized spacial score (nSPS) is 11.7. The fourth-order valence-corrected chi connectivity index (χ4v) is 1.95. The van der Waals surface area contributed by atoms with Gasteiger partial charge >= 0.3 is 0 Å². The van der Waals surface area contributed by atoms with E-state index in [-0.39, 0.29) is 0 Å². The van der Waals surface area contributed by atoms with E-state index in [1.807, 2.05) is 0 Å². The van der Waals surface area contributed by atoms with Gasteiger partial charge in [-0.1, -0.05) is 43.4 Å². The van der Waals surface area contributed by atoms with E-state index in [9.17, 15) is 0 Å². The van der Waals surface area contributed by atoms with Gasteiger partial charge in [0.2, 0.25) is 0 Å². The highest BCUT2D eigenvalue weighted by Gasteiger charge is 2.02. The van der Waals surface area contributed by atoms with Crippen LogP contribution in [0, 0.1) is 13.8 Å². The predicted octanol–water partition coefficient (Wildman–Crippen LogP) is 5.05. The molecule has 0 aliphatic heterocycles. The van der Waals surface area contributed by atoms with Gasteiger partial charge in [-0.25, -0.2) is 0 Å². The molecule has 0 atom stereocenters. The van der Waals surface area contributed by atoms with Crippen molar-refractivity contribution in [2.75, 3.05) is 0 Å². The van der Waals surface area contributed by atoms with Crippen molar-refractivity contribution in [3.63, 3.8) is 0 Å². The molecule has 0 saturated heterocycles. The molecule has 0 amide bonds. The van der Waals surface area contributed by atoms with Crippen molar-refractivity contribution in [1.29, 1.82) is 0 Å². The van der Waals surface area contributed by atoms with Crippen LogP contribution in [-0.2, 0) is 0 Å². The third-order valence-corrected chi connectivity index (χ3v) is 3.39. The highest BCUT2D eigenvalue weighted by atomic mass is 79.9. The molecule has 0 bridgehead atoms. The van der Waals surface area contributed by atoms with E-state index in [2.05, 4.69) is 73.1 Å². The van der Waals surface area contributed by atoms with Crippen LogP contribution in [0.3, 0.4) is 0 Å². The van der Waals surface area contributed by atoms with Gasteiger partial charge in [-0.05, 0) is 52.9 Å². The molecule has 1 heteroatoms. The average Bonchev–Trinajstić information content (AvgIpc) is 2.23. The third kappa shape index (κ3) is 3.35. The smallest absolute Gasteiger partial charge is 0.0279 e. The summed E-state index contributed by atoms with van der Waals surface area (Å²) in [5, 5.41) is 0. The van der Waals surface area contributed by atoms with Gasteiger partial charge in [0, 0.05) is 4.47 Å². The average molecular weight is 265 g/mol. The van der Waals surface area contributed by atoms with Gasteiger partial charge in [0.15, 0.2) is 0 Å². The molecular formula is C14H17Br. The molecular weight excluding hydrogens is 248 g/mol. The molecule has 0 aliphatic rings. The predicted molar refractivity (Wildman–Crippen MR) is 72.1 cm³/mol. The zero-order valence-electron chi connectivity index (χ0n) is 9.55. The van der Waals surface area contributed by atoms with Crippen LogP contribution in [0.15, 0.2) is 34.8 Å². The van der Waals surface area contributed by atoms with E-state index in [0.29, 0.717) is 0 Å². The summed E-state index contributed by atoms with van der Waals surface area (Å²) in [5.41, 5.74) is 3.85. The minimum absolute atomic E-state index is 1.08. The molecule has 1 aromatic rings. The monoisotopic (exact) mass is 264 g/mol. The third-order valence-electron chi connectivity index (χ3n) is 2.34. The lowest BCUT2D eigenvalue weighted by Crippen LogP contribution is -1.85. The minimum atomic E-state index is 1.08. The summed E-state index contributed by atoms with van der Waals surface area (Å²) >= 11 is 3.62. The van der Waals surface area contributed by atoms with Crippen LogP contribution in [0.4, 0.5) is 0 Å². The van der Waals surface area contributed by atoms with Crippen LogP contribution in [0.25, 0.3) is 6.08 Å². The maximum absolute atomic E-state index is 3.62. The van der Waals surface area contributed by atoms with Crippen molar-refractivity contribution in [1.82, 2.24) is 0 Å². The van der Waals surface area contributed by atoms with E-state index >= 15 is 0 Å². The number of aryl methyl sites for hydroxylation is 2. The second kappa shape index (κ2) is 5.92. The molecule has 0 saturated carbocycles. The van der Waals surface area contributed by atoms with Gasteiger partial charge in [-0.3, -0.25) is 0 Å². The van der Waals surface area contributed by atoms with Crippen molar-refractivity contribution >= 4 is 22.0 Å². The lowest BCUT2D eigenvalue weighted by Gasteiger charge is -2.06. The Labute approximate surface area is 101 Å². The zero-order chi connectivity index (χ0) is 11.3. The molecule has 0 heterocycles. The Morgan fingerprint density at radius 1 is 1.13 bits per heavy atom. The summed E-state index contributed by atoms with van der Waals surface area (Å²) in [4.78, 5) is 0. The molecule has 0 nitrogen and oxygen atoms in total. The van der Waals surface area contributed by atoms with Crippen molar-refractivity contribution in [2.24, 2.45) is 0 Å². The molecule has 0 spiro atoms. The molecule has 0 aromatic heterocycles. The maximum atomic E-state index is 3.62. The zero-order valence-corrected chi connectivity index (χ0v) is 11.1. The first kappa shape index (κ1) is 12.3. The highest BCUT2D eigenvalue weighted by molar-refractivity contribution is 9.10. The lowest BCUT2D eigenvalue weighted by molar-refractivity contribution is 1.22. The van der Waals surface area contributed by atoms with Gasteiger partial charge in [-0.15, -0.1) is 0 Å². The molecule has 0 aliphatic carbocycles. The van der Waals surface area contributed by atoms with Gasteiger partial charge in [0.1, 0.15) is 0 Å². The summed E-state index contributed by atoms with van der Waals surface area (Å²) in [6.07, 6.45) is 9.57. The minimum Gasteiger partial charge on any atom is -0.0848 e. The Kier molecular flexibility index (Phi) is 4.83. The summed E-state index contributed by atoms with van der Waals surface area (Å²) in [5.74, 6) is 0. The topological polar surface area (TPSA) is 0 Å². The molecule has 0 fully saturated rings. The van der Waals surface area contributed by atoms with E-state index in [0.717, 1.165) is 6.42 Å². The Balaban J connectivity index is 2.98. The lowest BCUT2D eigenvalue weighted by atomic mass is 10.1. The van der Waals surface area contributed by atoms with Crippen LogP contribution >= 0.6 is 15.9 Å². The molecule has 0 radical (unpaired) electrons. The molecule has 80 valence electrons. The van der Waals surface area contributed by atoms with Crippen LogP contribution < -0.4 is 0 Å². The Hall–Kier alpha value is -0.820. The Morgan fingerprint density at radius 2 is 1.80 bits per heavy atom. The van der Waals surface area contributed by atoms with Crippen LogP contribution in [0.1, 0.15) is 30.0 Å². The van der Waals surface area contributed by atoms with Crippen LogP contribution in [0.5, 0.6) is 0 Å². The fraction of sp³-hybridized carbons (Fsp3) is 0.286. The molecule has 0 unspecified atom stereocenters. The SMILES string of the molecule is CC/C=C/C=C\c1c(C)ccc(C)c1Br. The number of rotatable bonds is 3. The number of halogens is 1. The van der Waals surface area contributed by atoms with Crippen LogP contribution in [0.2, 0.25) is 0 Å². The van der Waals surface area contributed by atoms with Crippen molar-refractivity contribution in [2.45, 2.75) is 27.2 Å². The second-order valence-electron chi connectivity index (χ2n) is 3.62. The summed E-state index contributed by atoms with van der Waals surface area (Å²) in [7, 11) is 0.